The summed E-state index contributed by atoms with van der Waals surface area (Å²) in [7, 11) is 4.10. The van der Waals surface area contributed by atoms with Crippen LogP contribution >= 0.6 is 12.4 Å². The van der Waals surface area contributed by atoms with Crippen molar-refractivity contribution < 1.29 is 14.6 Å². The molecule has 18 heavy (non-hydrogen) atoms. The first-order valence-corrected chi connectivity index (χ1v) is 6.25. The molecule has 0 aromatic heterocycles. The molecular formula is C12H23ClN2O3. The summed E-state index contributed by atoms with van der Waals surface area (Å²) >= 11 is 0. The molecular weight excluding hydrogens is 256 g/mol. The number of hydrogen-bond donors (Lipinski definition) is 2. The van der Waals surface area contributed by atoms with E-state index in [0.29, 0.717) is 12.6 Å². The molecule has 1 saturated carbocycles. The minimum atomic E-state index is -0.732. The number of aliphatic carboxylic acids is 1. The number of carboxylic acids is 1. The molecule has 0 unspecified atom stereocenters. The zero-order chi connectivity index (χ0) is 12.5. The van der Waals surface area contributed by atoms with Crippen LogP contribution in [-0.2, 0) is 9.53 Å². The van der Waals surface area contributed by atoms with Gasteiger partial charge < -0.3 is 20.1 Å². The molecule has 0 spiro atoms. The van der Waals surface area contributed by atoms with Gasteiger partial charge in [-0.25, -0.2) is 0 Å². The number of piperidine rings is 1. The number of carbonyl (C=O) groups is 1. The van der Waals surface area contributed by atoms with Crippen molar-refractivity contribution in [1.29, 1.82) is 0 Å². The van der Waals surface area contributed by atoms with Gasteiger partial charge in [-0.2, -0.15) is 0 Å². The Bertz CT molecular complexity index is 301. The Morgan fingerprint density at radius 1 is 1.50 bits per heavy atom. The fraction of sp³-hybridized carbons (Fsp3) is 0.917. The molecule has 1 heterocycles. The van der Waals surface area contributed by atoms with Crippen LogP contribution in [0.1, 0.15) is 19.3 Å². The Labute approximate surface area is 114 Å². The summed E-state index contributed by atoms with van der Waals surface area (Å²) in [5.41, 5.74) is 0.126. The van der Waals surface area contributed by atoms with Crippen LogP contribution in [0.5, 0.6) is 0 Å². The quantitative estimate of drug-likeness (QED) is 0.667. The first-order chi connectivity index (χ1) is 8.03. The van der Waals surface area contributed by atoms with E-state index >= 15 is 0 Å². The highest BCUT2D eigenvalue weighted by Gasteiger charge is 2.61. The van der Waals surface area contributed by atoms with E-state index < -0.39 is 5.97 Å². The van der Waals surface area contributed by atoms with Crippen LogP contribution in [0.2, 0.25) is 0 Å². The summed E-state index contributed by atoms with van der Waals surface area (Å²) in [5, 5.41) is 12.1. The van der Waals surface area contributed by atoms with E-state index in [1.165, 1.54) is 0 Å². The minimum Gasteiger partial charge on any atom is -0.480 e. The number of fused-ring (bicyclic) bond motifs is 1. The molecule has 1 saturated heterocycles. The third-order valence-electron chi connectivity index (χ3n) is 3.78. The number of hydrogen-bond acceptors (Lipinski definition) is 4. The maximum Gasteiger partial charge on any atom is 0.320 e. The number of nitrogens with one attached hydrogen (secondary N) is 1. The fourth-order valence-corrected chi connectivity index (χ4v) is 2.65. The van der Waals surface area contributed by atoms with Crippen LogP contribution < -0.4 is 5.32 Å². The Kier molecular flexibility index (Phi) is 5.40. The Morgan fingerprint density at radius 3 is 2.78 bits per heavy atom. The van der Waals surface area contributed by atoms with E-state index in [1.807, 2.05) is 14.1 Å². The maximum absolute atomic E-state index is 10.9. The van der Waals surface area contributed by atoms with Gasteiger partial charge >= 0.3 is 5.97 Å². The van der Waals surface area contributed by atoms with Gasteiger partial charge in [0.05, 0.1) is 6.61 Å². The molecule has 3 atom stereocenters. The fourth-order valence-electron chi connectivity index (χ4n) is 2.65. The minimum absolute atomic E-state index is 0. The van der Waals surface area contributed by atoms with Gasteiger partial charge in [-0.15, -0.1) is 12.4 Å². The number of nitrogens with zero attached hydrogens (tertiary/aromatic N) is 1. The topological polar surface area (TPSA) is 61.8 Å². The van der Waals surface area contributed by atoms with Crippen molar-refractivity contribution in [3.05, 3.63) is 0 Å². The van der Waals surface area contributed by atoms with E-state index in [2.05, 4.69) is 10.2 Å². The highest BCUT2D eigenvalue weighted by Crippen LogP contribution is 2.54. The van der Waals surface area contributed by atoms with Gasteiger partial charge in [-0.05, 0) is 39.9 Å². The Hall–Kier alpha value is -0.360. The van der Waals surface area contributed by atoms with Crippen molar-refractivity contribution in [3.8, 4) is 0 Å². The number of rotatable bonds is 7. The highest BCUT2D eigenvalue weighted by atomic mass is 35.5. The summed E-state index contributed by atoms with van der Waals surface area (Å²) in [6.07, 6.45) is 2.83. The number of carboxylic acid groups (broad SMARTS) is 1. The smallest absolute Gasteiger partial charge is 0.320 e. The molecule has 0 aromatic rings. The molecule has 0 amide bonds. The molecule has 5 nitrogen and oxygen atoms in total. The van der Waals surface area contributed by atoms with Gasteiger partial charge in [0, 0.05) is 18.1 Å². The van der Waals surface area contributed by atoms with Crippen LogP contribution in [0.15, 0.2) is 0 Å². The summed E-state index contributed by atoms with van der Waals surface area (Å²) in [5.74, 6) is -0.732. The zero-order valence-corrected chi connectivity index (χ0v) is 11.8. The van der Waals surface area contributed by atoms with Crippen LogP contribution in [0.3, 0.4) is 0 Å². The largest absolute Gasteiger partial charge is 0.480 e. The van der Waals surface area contributed by atoms with Gasteiger partial charge in [0.15, 0.2) is 0 Å². The van der Waals surface area contributed by atoms with Crippen molar-refractivity contribution in [1.82, 2.24) is 10.2 Å². The van der Waals surface area contributed by atoms with E-state index in [1.54, 1.807) is 0 Å². The van der Waals surface area contributed by atoms with Gasteiger partial charge in [-0.1, -0.05) is 0 Å². The lowest BCUT2D eigenvalue weighted by atomic mass is 10.0. The monoisotopic (exact) mass is 278 g/mol. The summed E-state index contributed by atoms with van der Waals surface area (Å²) in [6, 6.07) is 0.0107. The zero-order valence-electron chi connectivity index (χ0n) is 11.0. The van der Waals surface area contributed by atoms with Gasteiger partial charge in [0.25, 0.3) is 0 Å². The standard InChI is InChI=1S/C12H22N2O3.ClH/c1-14(2)4-3-5-17-8-12-6-9(11(15)16)13-10(12)7-12;/h9-10,13H,3-8H2,1-2H3,(H,15,16);1H/t9-,10-,12+;/m0./s1. The van der Waals surface area contributed by atoms with Gasteiger partial charge in [-0.3, -0.25) is 4.79 Å². The molecule has 1 aliphatic heterocycles. The highest BCUT2D eigenvalue weighted by molar-refractivity contribution is 5.85. The average Bonchev–Trinajstić information content (AvgIpc) is 2.79. The Morgan fingerprint density at radius 2 is 2.22 bits per heavy atom. The predicted octanol–water partition coefficient (Wildman–Crippen LogP) is 0.582. The average molecular weight is 279 g/mol. The van der Waals surface area contributed by atoms with Crippen LogP contribution in [-0.4, -0.2) is 61.9 Å². The molecule has 6 heteroatoms. The molecule has 1 aliphatic carbocycles. The van der Waals surface area contributed by atoms with Crippen molar-refractivity contribution in [2.75, 3.05) is 33.9 Å². The molecule has 2 fully saturated rings. The van der Waals surface area contributed by atoms with Crippen molar-refractivity contribution in [2.45, 2.75) is 31.3 Å². The lowest BCUT2D eigenvalue weighted by Crippen LogP contribution is -2.33. The maximum atomic E-state index is 10.9. The number of halogens is 1. The van der Waals surface area contributed by atoms with E-state index in [4.69, 9.17) is 9.84 Å². The van der Waals surface area contributed by atoms with Crippen LogP contribution in [0, 0.1) is 5.41 Å². The Balaban J connectivity index is 0.00000162. The summed E-state index contributed by atoms with van der Waals surface area (Å²) < 4.78 is 5.68. The normalized spacial score (nSPS) is 33.1. The first-order valence-electron chi connectivity index (χ1n) is 6.25. The third-order valence-corrected chi connectivity index (χ3v) is 3.78. The van der Waals surface area contributed by atoms with Crippen molar-refractivity contribution >= 4 is 18.4 Å². The molecule has 2 N–H and O–H groups in total. The first kappa shape index (κ1) is 15.7. The lowest BCUT2D eigenvalue weighted by molar-refractivity contribution is -0.139. The van der Waals surface area contributed by atoms with Crippen LogP contribution in [0.4, 0.5) is 0 Å². The van der Waals surface area contributed by atoms with Crippen molar-refractivity contribution in [2.24, 2.45) is 5.41 Å². The molecule has 0 radical (unpaired) electrons. The number of ether oxygens (including phenoxy) is 1. The lowest BCUT2D eigenvalue weighted by Gasteiger charge is -2.14. The second-order valence-electron chi connectivity index (χ2n) is 5.59. The SMILES string of the molecule is CN(C)CCCOC[C@]12C[C@@H](C(=O)O)N[C@H]1C2.Cl. The van der Waals surface area contributed by atoms with Crippen LogP contribution in [0.25, 0.3) is 0 Å². The molecule has 106 valence electrons. The molecule has 2 rings (SSSR count). The second kappa shape index (κ2) is 6.19. The second-order valence-corrected chi connectivity index (χ2v) is 5.59. The van der Waals surface area contributed by atoms with Gasteiger partial charge in [0.2, 0.25) is 0 Å². The predicted molar refractivity (Wildman–Crippen MR) is 71.3 cm³/mol. The van der Waals surface area contributed by atoms with Gasteiger partial charge in [0.1, 0.15) is 6.04 Å². The van der Waals surface area contributed by atoms with E-state index in [-0.39, 0.29) is 23.9 Å². The summed E-state index contributed by atoms with van der Waals surface area (Å²) in [6.45, 7) is 2.51. The third kappa shape index (κ3) is 3.57. The van der Waals surface area contributed by atoms with E-state index in [0.717, 1.165) is 32.4 Å². The molecule has 0 bridgehead atoms. The molecule has 2 aliphatic rings. The van der Waals surface area contributed by atoms with E-state index in [9.17, 15) is 4.79 Å². The van der Waals surface area contributed by atoms with Crippen molar-refractivity contribution in [3.63, 3.8) is 0 Å². The molecule has 0 aromatic carbocycles. The summed E-state index contributed by atoms with van der Waals surface area (Å²) in [4.78, 5) is 13.0.